The molecule has 0 saturated carbocycles. The normalized spacial score (nSPS) is 10.6. The van der Waals surface area contributed by atoms with Gasteiger partial charge in [-0.15, -0.1) is 11.3 Å². The third-order valence-corrected chi connectivity index (χ3v) is 2.68. The summed E-state index contributed by atoms with van der Waals surface area (Å²) < 4.78 is 0. The van der Waals surface area contributed by atoms with Crippen LogP contribution in [-0.4, -0.2) is 12.3 Å². The lowest BCUT2D eigenvalue weighted by atomic mass is 10.3. The van der Waals surface area contributed by atoms with Crippen LogP contribution in [0, 0.1) is 0 Å². The SMILES string of the molecule is CCCCN/C=C/C(=O)c1cccs1. The third kappa shape index (κ3) is 3.75. The van der Waals surface area contributed by atoms with E-state index in [1.165, 1.54) is 17.8 Å². The molecule has 0 atom stereocenters. The Balaban J connectivity index is 2.27. The van der Waals surface area contributed by atoms with Crippen LogP contribution in [0.5, 0.6) is 0 Å². The van der Waals surface area contributed by atoms with Crippen molar-refractivity contribution in [1.82, 2.24) is 5.32 Å². The molecule has 0 aliphatic heterocycles. The summed E-state index contributed by atoms with van der Waals surface area (Å²) in [7, 11) is 0. The molecule has 1 aromatic heterocycles. The Hall–Kier alpha value is -1.09. The van der Waals surface area contributed by atoms with Gasteiger partial charge in [0.1, 0.15) is 0 Å². The summed E-state index contributed by atoms with van der Waals surface area (Å²) in [6.45, 7) is 3.08. The molecule has 3 heteroatoms. The van der Waals surface area contributed by atoms with Gasteiger partial charge in [0.2, 0.25) is 0 Å². The first-order valence-corrected chi connectivity index (χ1v) is 5.70. The Morgan fingerprint density at radius 1 is 1.64 bits per heavy atom. The van der Waals surface area contributed by atoms with Gasteiger partial charge in [-0.05, 0) is 17.9 Å². The Bertz CT molecular complexity index is 290. The number of ketones is 1. The number of hydrogen-bond donors (Lipinski definition) is 1. The number of rotatable bonds is 6. The maximum Gasteiger partial charge on any atom is 0.197 e. The Morgan fingerprint density at radius 2 is 2.50 bits per heavy atom. The molecule has 0 radical (unpaired) electrons. The Labute approximate surface area is 88.6 Å². The molecule has 76 valence electrons. The maximum absolute atomic E-state index is 11.4. The number of nitrogens with one attached hydrogen (secondary N) is 1. The molecule has 14 heavy (non-hydrogen) atoms. The minimum absolute atomic E-state index is 0.0731. The van der Waals surface area contributed by atoms with E-state index in [4.69, 9.17) is 0 Å². The number of unbranched alkanes of at least 4 members (excludes halogenated alkanes) is 1. The fraction of sp³-hybridized carbons (Fsp3) is 0.364. The molecular formula is C11H15NOS. The molecule has 0 aliphatic carbocycles. The molecule has 0 bridgehead atoms. The van der Waals surface area contributed by atoms with Crippen LogP contribution in [0.1, 0.15) is 29.4 Å². The molecule has 1 aromatic rings. The largest absolute Gasteiger partial charge is 0.391 e. The highest BCUT2D eigenvalue weighted by molar-refractivity contribution is 7.12. The highest BCUT2D eigenvalue weighted by Gasteiger charge is 2.00. The number of hydrogen-bond acceptors (Lipinski definition) is 3. The smallest absolute Gasteiger partial charge is 0.197 e. The standard InChI is InChI=1S/C11H15NOS/c1-2-3-7-12-8-6-10(13)11-5-4-9-14-11/h4-6,8-9,12H,2-3,7H2,1H3/b8-6+. The molecule has 1 N–H and O–H groups in total. The van der Waals surface area contributed by atoms with E-state index in [2.05, 4.69) is 12.2 Å². The zero-order valence-electron chi connectivity index (χ0n) is 8.32. The zero-order chi connectivity index (χ0) is 10.2. The van der Waals surface area contributed by atoms with E-state index >= 15 is 0 Å². The number of allylic oxidation sites excluding steroid dienone is 1. The summed E-state index contributed by atoms with van der Waals surface area (Å²) >= 11 is 1.47. The number of carbonyl (C=O) groups excluding carboxylic acids is 1. The monoisotopic (exact) mass is 209 g/mol. The summed E-state index contributed by atoms with van der Waals surface area (Å²) in [6.07, 6.45) is 5.62. The van der Waals surface area contributed by atoms with E-state index in [9.17, 15) is 4.79 Å². The fourth-order valence-electron chi connectivity index (χ4n) is 0.998. The highest BCUT2D eigenvalue weighted by Crippen LogP contribution is 2.09. The molecule has 1 heterocycles. The van der Waals surface area contributed by atoms with Crippen LogP contribution in [0.4, 0.5) is 0 Å². The molecule has 0 saturated heterocycles. The molecule has 0 spiro atoms. The Kier molecular flexibility index (Phi) is 5.00. The van der Waals surface area contributed by atoms with E-state index in [-0.39, 0.29) is 5.78 Å². The van der Waals surface area contributed by atoms with Crippen LogP contribution in [0.2, 0.25) is 0 Å². The number of carbonyl (C=O) groups is 1. The van der Waals surface area contributed by atoms with E-state index in [0.717, 1.165) is 17.8 Å². The van der Waals surface area contributed by atoms with Crippen LogP contribution in [0.3, 0.4) is 0 Å². The maximum atomic E-state index is 11.4. The van der Waals surface area contributed by atoms with Crippen molar-refractivity contribution in [2.75, 3.05) is 6.54 Å². The molecule has 0 aromatic carbocycles. The fourth-order valence-corrected chi connectivity index (χ4v) is 1.64. The van der Waals surface area contributed by atoms with Gasteiger partial charge in [-0.3, -0.25) is 4.79 Å². The van der Waals surface area contributed by atoms with Crippen LogP contribution in [0.15, 0.2) is 29.8 Å². The van der Waals surface area contributed by atoms with Gasteiger partial charge in [-0.1, -0.05) is 19.4 Å². The van der Waals surface area contributed by atoms with Gasteiger partial charge in [0.25, 0.3) is 0 Å². The van der Waals surface area contributed by atoms with Gasteiger partial charge < -0.3 is 5.32 Å². The molecule has 0 fully saturated rings. The summed E-state index contributed by atoms with van der Waals surface area (Å²) in [5.74, 6) is 0.0731. The summed E-state index contributed by atoms with van der Waals surface area (Å²) in [5.41, 5.74) is 0. The van der Waals surface area contributed by atoms with Crippen LogP contribution < -0.4 is 5.32 Å². The molecule has 0 aliphatic rings. The lowest BCUT2D eigenvalue weighted by Gasteiger charge is -1.96. The van der Waals surface area contributed by atoms with Crippen molar-refractivity contribution in [2.24, 2.45) is 0 Å². The van der Waals surface area contributed by atoms with Crippen molar-refractivity contribution in [3.8, 4) is 0 Å². The predicted molar refractivity (Wildman–Crippen MR) is 60.7 cm³/mol. The first kappa shape index (κ1) is 11.0. The van der Waals surface area contributed by atoms with Crippen LogP contribution in [0.25, 0.3) is 0 Å². The first-order valence-electron chi connectivity index (χ1n) is 4.82. The van der Waals surface area contributed by atoms with E-state index in [0.29, 0.717) is 0 Å². The highest BCUT2D eigenvalue weighted by atomic mass is 32.1. The first-order chi connectivity index (χ1) is 6.84. The Morgan fingerprint density at radius 3 is 3.14 bits per heavy atom. The van der Waals surface area contributed by atoms with E-state index in [1.807, 2.05) is 17.5 Å². The van der Waals surface area contributed by atoms with Crippen molar-refractivity contribution in [3.63, 3.8) is 0 Å². The molecule has 0 amide bonds. The average molecular weight is 209 g/mol. The van der Waals surface area contributed by atoms with Gasteiger partial charge in [-0.25, -0.2) is 0 Å². The lowest BCUT2D eigenvalue weighted by molar-refractivity contribution is 0.105. The average Bonchev–Trinajstić information content (AvgIpc) is 2.70. The van der Waals surface area contributed by atoms with Crippen molar-refractivity contribution >= 4 is 17.1 Å². The van der Waals surface area contributed by atoms with Crippen molar-refractivity contribution in [1.29, 1.82) is 0 Å². The van der Waals surface area contributed by atoms with Gasteiger partial charge in [0.05, 0.1) is 4.88 Å². The second-order valence-corrected chi connectivity index (χ2v) is 3.93. The third-order valence-electron chi connectivity index (χ3n) is 1.79. The van der Waals surface area contributed by atoms with E-state index in [1.54, 1.807) is 12.3 Å². The topological polar surface area (TPSA) is 29.1 Å². The van der Waals surface area contributed by atoms with Crippen molar-refractivity contribution < 1.29 is 4.79 Å². The number of thiophene rings is 1. The minimum Gasteiger partial charge on any atom is -0.391 e. The van der Waals surface area contributed by atoms with Crippen molar-refractivity contribution in [2.45, 2.75) is 19.8 Å². The minimum atomic E-state index is 0.0731. The van der Waals surface area contributed by atoms with Gasteiger partial charge in [-0.2, -0.15) is 0 Å². The second-order valence-electron chi connectivity index (χ2n) is 2.98. The quantitative estimate of drug-likeness (QED) is 0.443. The lowest BCUT2D eigenvalue weighted by Crippen LogP contribution is -2.07. The molecule has 1 rings (SSSR count). The molecule has 0 unspecified atom stereocenters. The summed E-state index contributed by atoms with van der Waals surface area (Å²) in [4.78, 5) is 12.2. The molecular weight excluding hydrogens is 194 g/mol. The van der Waals surface area contributed by atoms with E-state index < -0.39 is 0 Å². The summed E-state index contributed by atoms with van der Waals surface area (Å²) in [6, 6.07) is 3.72. The molecule has 2 nitrogen and oxygen atoms in total. The van der Waals surface area contributed by atoms with Gasteiger partial charge >= 0.3 is 0 Å². The second kappa shape index (κ2) is 6.38. The van der Waals surface area contributed by atoms with Crippen molar-refractivity contribution in [3.05, 3.63) is 34.7 Å². The van der Waals surface area contributed by atoms with Gasteiger partial charge in [0, 0.05) is 18.8 Å². The van der Waals surface area contributed by atoms with Gasteiger partial charge in [0.15, 0.2) is 5.78 Å². The van der Waals surface area contributed by atoms with Crippen LogP contribution >= 0.6 is 11.3 Å². The van der Waals surface area contributed by atoms with Crippen LogP contribution in [-0.2, 0) is 0 Å². The zero-order valence-corrected chi connectivity index (χ0v) is 9.14. The predicted octanol–water partition coefficient (Wildman–Crippen LogP) is 2.83. The summed E-state index contributed by atoms with van der Waals surface area (Å²) in [5, 5.41) is 4.99.